The van der Waals surface area contributed by atoms with E-state index in [1.54, 1.807) is 12.1 Å². The number of nitrogens with two attached hydrogens (primary N) is 1. The van der Waals surface area contributed by atoms with Gasteiger partial charge in [-0.05, 0) is 48.1 Å². The maximum atomic E-state index is 14.5. The normalized spacial score (nSPS) is 18.1. The molecule has 0 saturated carbocycles. The standard InChI is InChI=1S/C13H18BrFN4O/c1-18-5-2-6-19(8-7-18)10-4-3-9(13(16)17-20)11(14)12(10)15/h3-4,20H,2,5-8H2,1H3,(H2,16,17). The van der Waals surface area contributed by atoms with Crippen LogP contribution >= 0.6 is 15.9 Å². The molecule has 0 spiro atoms. The number of hydrogen-bond acceptors (Lipinski definition) is 4. The highest BCUT2D eigenvalue weighted by molar-refractivity contribution is 9.10. The van der Waals surface area contributed by atoms with Crippen molar-refractivity contribution >= 4 is 27.5 Å². The van der Waals surface area contributed by atoms with E-state index in [4.69, 9.17) is 10.9 Å². The molecule has 1 aliphatic heterocycles. The van der Waals surface area contributed by atoms with Gasteiger partial charge in [0.25, 0.3) is 0 Å². The van der Waals surface area contributed by atoms with Crippen molar-refractivity contribution in [2.24, 2.45) is 10.9 Å². The Balaban J connectivity index is 2.31. The molecule has 0 amide bonds. The number of hydrogen-bond donors (Lipinski definition) is 2. The smallest absolute Gasteiger partial charge is 0.171 e. The molecule has 1 aliphatic rings. The van der Waals surface area contributed by atoms with Crippen LogP contribution in [0.5, 0.6) is 0 Å². The zero-order valence-corrected chi connectivity index (χ0v) is 12.9. The van der Waals surface area contributed by atoms with Crippen LogP contribution in [0.25, 0.3) is 0 Å². The molecule has 1 aromatic carbocycles. The van der Waals surface area contributed by atoms with Gasteiger partial charge in [0.1, 0.15) is 0 Å². The van der Waals surface area contributed by atoms with Crippen LogP contribution in [0, 0.1) is 5.82 Å². The fraction of sp³-hybridized carbons (Fsp3) is 0.462. The van der Waals surface area contributed by atoms with Crippen molar-refractivity contribution in [2.45, 2.75) is 6.42 Å². The Morgan fingerprint density at radius 3 is 2.80 bits per heavy atom. The molecule has 7 heteroatoms. The maximum absolute atomic E-state index is 14.5. The molecule has 5 nitrogen and oxygen atoms in total. The summed E-state index contributed by atoms with van der Waals surface area (Å²) in [5.41, 5.74) is 6.41. The second-order valence-electron chi connectivity index (χ2n) is 4.89. The van der Waals surface area contributed by atoms with Gasteiger partial charge in [-0.25, -0.2) is 4.39 Å². The Labute approximate surface area is 126 Å². The number of anilines is 1. The van der Waals surface area contributed by atoms with Gasteiger partial charge in [0.2, 0.25) is 0 Å². The molecule has 0 aliphatic carbocycles. The molecule has 0 unspecified atom stereocenters. The Hall–Kier alpha value is -1.34. The summed E-state index contributed by atoms with van der Waals surface area (Å²) in [6.07, 6.45) is 0.996. The Kier molecular flexibility index (Phi) is 4.82. The molecule has 0 bridgehead atoms. The van der Waals surface area contributed by atoms with Gasteiger partial charge in [0.05, 0.1) is 10.2 Å². The van der Waals surface area contributed by atoms with Gasteiger partial charge >= 0.3 is 0 Å². The second kappa shape index (κ2) is 6.41. The van der Waals surface area contributed by atoms with E-state index in [9.17, 15) is 4.39 Å². The fourth-order valence-corrected chi connectivity index (χ4v) is 2.86. The summed E-state index contributed by atoms with van der Waals surface area (Å²) in [4.78, 5) is 4.26. The number of amidine groups is 1. The van der Waals surface area contributed by atoms with Crippen LogP contribution in [0.2, 0.25) is 0 Å². The van der Waals surface area contributed by atoms with E-state index in [-0.39, 0.29) is 16.1 Å². The van der Waals surface area contributed by atoms with E-state index in [1.807, 2.05) is 4.90 Å². The summed E-state index contributed by atoms with van der Waals surface area (Å²) in [7, 11) is 2.07. The van der Waals surface area contributed by atoms with E-state index in [2.05, 4.69) is 33.0 Å². The lowest BCUT2D eigenvalue weighted by Crippen LogP contribution is -2.29. The van der Waals surface area contributed by atoms with E-state index >= 15 is 0 Å². The molecule has 3 N–H and O–H groups in total. The predicted molar refractivity (Wildman–Crippen MR) is 80.9 cm³/mol. The molecule has 1 saturated heterocycles. The number of rotatable bonds is 2. The van der Waals surface area contributed by atoms with Crippen molar-refractivity contribution in [1.82, 2.24) is 4.90 Å². The first kappa shape index (κ1) is 15.1. The zero-order chi connectivity index (χ0) is 14.7. The number of halogens is 2. The topological polar surface area (TPSA) is 65.1 Å². The first-order valence-corrected chi connectivity index (χ1v) is 7.23. The SMILES string of the molecule is CN1CCCN(c2ccc(/C(N)=N/O)c(Br)c2F)CC1. The highest BCUT2D eigenvalue weighted by Crippen LogP contribution is 2.30. The van der Waals surface area contributed by atoms with Crippen LogP contribution in [0.3, 0.4) is 0 Å². The van der Waals surface area contributed by atoms with Crippen LogP contribution in [0.4, 0.5) is 10.1 Å². The van der Waals surface area contributed by atoms with Gasteiger partial charge in [-0.2, -0.15) is 0 Å². The van der Waals surface area contributed by atoms with Gasteiger partial charge in [0, 0.05) is 25.2 Å². The zero-order valence-electron chi connectivity index (χ0n) is 11.3. The van der Waals surface area contributed by atoms with Crippen molar-refractivity contribution in [3.8, 4) is 0 Å². The Morgan fingerprint density at radius 2 is 2.10 bits per heavy atom. The molecule has 0 atom stereocenters. The maximum Gasteiger partial charge on any atom is 0.171 e. The minimum atomic E-state index is -0.376. The minimum Gasteiger partial charge on any atom is -0.409 e. The molecule has 20 heavy (non-hydrogen) atoms. The third-order valence-corrected chi connectivity index (χ3v) is 4.28. The molecule has 110 valence electrons. The molecular formula is C13H18BrFN4O. The average molecular weight is 345 g/mol. The quantitative estimate of drug-likeness (QED) is 0.372. The first-order chi connectivity index (χ1) is 9.54. The molecule has 0 radical (unpaired) electrons. The Morgan fingerprint density at radius 1 is 1.35 bits per heavy atom. The van der Waals surface area contributed by atoms with Crippen LogP contribution < -0.4 is 10.6 Å². The molecule has 2 rings (SSSR count). The van der Waals surface area contributed by atoms with E-state index in [1.165, 1.54) is 0 Å². The minimum absolute atomic E-state index is 0.113. The Bertz CT molecular complexity index is 523. The van der Waals surface area contributed by atoms with E-state index in [0.717, 1.165) is 32.6 Å². The summed E-state index contributed by atoms with van der Waals surface area (Å²) in [6, 6.07) is 3.34. The van der Waals surface area contributed by atoms with Crippen molar-refractivity contribution in [3.63, 3.8) is 0 Å². The molecule has 1 fully saturated rings. The summed E-state index contributed by atoms with van der Waals surface area (Å²) >= 11 is 3.19. The lowest BCUT2D eigenvalue weighted by atomic mass is 10.1. The van der Waals surface area contributed by atoms with Gasteiger partial charge in [0.15, 0.2) is 11.7 Å². The van der Waals surface area contributed by atoms with E-state index < -0.39 is 0 Å². The molecular weight excluding hydrogens is 327 g/mol. The molecule has 0 aromatic heterocycles. The third-order valence-electron chi connectivity index (χ3n) is 3.51. The van der Waals surface area contributed by atoms with Gasteiger partial charge in [-0.1, -0.05) is 5.16 Å². The van der Waals surface area contributed by atoms with Crippen molar-refractivity contribution in [1.29, 1.82) is 0 Å². The van der Waals surface area contributed by atoms with Crippen LogP contribution in [-0.4, -0.2) is 49.2 Å². The highest BCUT2D eigenvalue weighted by atomic mass is 79.9. The van der Waals surface area contributed by atoms with Gasteiger partial charge in [-0.3, -0.25) is 0 Å². The lowest BCUT2D eigenvalue weighted by molar-refractivity contribution is 0.318. The summed E-state index contributed by atoms with van der Waals surface area (Å²) in [6.45, 7) is 3.51. The largest absolute Gasteiger partial charge is 0.409 e. The van der Waals surface area contributed by atoms with Crippen LogP contribution in [0.1, 0.15) is 12.0 Å². The highest BCUT2D eigenvalue weighted by Gasteiger charge is 2.20. The average Bonchev–Trinajstić information content (AvgIpc) is 2.66. The van der Waals surface area contributed by atoms with Crippen molar-refractivity contribution in [2.75, 3.05) is 38.1 Å². The van der Waals surface area contributed by atoms with Crippen molar-refractivity contribution < 1.29 is 9.60 Å². The summed E-state index contributed by atoms with van der Waals surface area (Å²) in [5.74, 6) is -0.489. The molecule has 1 aromatic rings. The van der Waals surface area contributed by atoms with Crippen LogP contribution in [0.15, 0.2) is 21.8 Å². The van der Waals surface area contributed by atoms with Crippen molar-refractivity contribution in [3.05, 3.63) is 28.0 Å². The fourth-order valence-electron chi connectivity index (χ4n) is 2.32. The van der Waals surface area contributed by atoms with Crippen LogP contribution in [-0.2, 0) is 0 Å². The van der Waals surface area contributed by atoms with E-state index in [0.29, 0.717) is 11.3 Å². The third kappa shape index (κ3) is 3.04. The number of nitrogens with zero attached hydrogens (tertiary/aromatic N) is 3. The lowest BCUT2D eigenvalue weighted by Gasteiger charge is -2.24. The second-order valence-corrected chi connectivity index (χ2v) is 5.68. The molecule has 1 heterocycles. The number of oxime groups is 1. The van der Waals surface area contributed by atoms with Gasteiger partial charge in [-0.15, -0.1) is 0 Å². The predicted octanol–water partition coefficient (Wildman–Crippen LogP) is 1.82. The number of likely N-dealkylation sites (N-methyl/N-ethyl adjacent to an activating group) is 1. The van der Waals surface area contributed by atoms with Gasteiger partial charge < -0.3 is 20.7 Å². The monoisotopic (exact) mass is 344 g/mol. The summed E-state index contributed by atoms with van der Waals surface area (Å²) in [5, 5.41) is 11.6. The summed E-state index contributed by atoms with van der Waals surface area (Å²) < 4.78 is 14.7. The first-order valence-electron chi connectivity index (χ1n) is 6.44. The number of benzene rings is 1.